The highest BCUT2D eigenvalue weighted by atomic mass is 16.5. The minimum absolute atomic E-state index is 0.00914. The molecule has 0 fully saturated rings. The van der Waals surface area contributed by atoms with Crippen LogP contribution >= 0.6 is 0 Å². The molecule has 2 aromatic carbocycles. The lowest BCUT2D eigenvalue weighted by molar-refractivity contribution is -0.121. The van der Waals surface area contributed by atoms with Crippen molar-refractivity contribution in [2.75, 3.05) is 7.11 Å². The number of aryl methyl sites for hydroxylation is 2. The summed E-state index contributed by atoms with van der Waals surface area (Å²) in [6.45, 7) is 2.31. The second-order valence-corrected chi connectivity index (χ2v) is 8.60. The molecule has 0 aliphatic heterocycles. The first-order valence-corrected chi connectivity index (χ1v) is 11.7. The van der Waals surface area contributed by atoms with E-state index in [4.69, 9.17) is 9.47 Å². The second kappa shape index (κ2) is 11.0. The van der Waals surface area contributed by atoms with E-state index in [2.05, 4.69) is 16.4 Å². The fraction of sp³-hybridized carbons (Fsp3) is 0.321. The molecule has 1 aromatic heterocycles. The SMILES string of the molecule is COc1cc(C(C)NC(=O)CCC(=O)c2ccc3c(c2)CCC3)ccc1OCc1ccncc1. The number of carbonyl (C=O) groups excluding carboxylic acids is 2. The summed E-state index contributed by atoms with van der Waals surface area (Å²) < 4.78 is 11.4. The van der Waals surface area contributed by atoms with Gasteiger partial charge < -0.3 is 14.8 Å². The Hall–Kier alpha value is -3.67. The van der Waals surface area contributed by atoms with Crippen LogP contribution in [0, 0.1) is 0 Å². The number of hydrogen-bond donors (Lipinski definition) is 1. The van der Waals surface area contributed by atoms with Gasteiger partial charge in [-0.3, -0.25) is 14.6 Å². The summed E-state index contributed by atoms with van der Waals surface area (Å²) in [5.41, 5.74) is 5.22. The molecule has 1 heterocycles. The standard InChI is InChI=1S/C28H30N2O4/c1-19(22-8-10-26(27(17-22)33-2)34-18-20-12-14-29-15-13-20)30-28(32)11-9-25(31)24-7-6-21-4-3-5-23(21)16-24/h6-8,10,12-17,19H,3-5,9,11,18H2,1-2H3,(H,30,32). The van der Waals surface area contributed by atoms with E-state index in [1.165, 1.54) is 11.1 Å². The zero-order valence-electron chi connectivity index (χ0n) is 19.7. The first-order valence-electron chi connectivity index (χ1n) is 11.7. The molecule has 0 saturated heterocycles. The molecule has 0 spiro atoms. The van der Waals surface area contributed by atoms with Crippen molar-refractivity contribution in [1.82, 2.24) is 10.3 Å². The molecule has 6 heteroatoms. The van der Waals surface area contributed by atoms with E-state index >= 15 is 0 Å². The number of amides is 1. The number of Topliss-reactive ketones (excluding diaryl/α,β-unsaturated/α-hetero) is 1. The van der Waals surface area contributed by atoms with Crippen LogP contribution in [0.2, 0.25) is 0 Å². The first kappa shape index (κ1) is 23.5. The van der Waals surface area contributed by atoms with Gasteiger partial charge in [-0.15, -0.1) is 0 Å². The quantitative estimate of drug-likeness (QED) is 0.433. The van der Waals surface area contributed by atoms with Crippen LogP contribution in [0.5, 0.6) is 11.5 Å². The second-order valence-electron chi connectivity index (χ2n) is 8.60. The number of pyridine rings is 1. The molecule has 0 bridgehead atoms. The number of fused-ring (bicyclic) bond motifs is 1. The van der Waals surface area contributed by atoms with Crippen molar-refractivity contribution in [2.24, 2.45) is 0 Å². The summed E-state index contributed by atoms with van der Waals surface area (Å²) in [6.07, 6.45) is 7.08. The van der Waals surface area contributed by atoms with Gasteiger partial charge in [0.05, 0.1) is 13.2 Å². The van der Waals surface area contributed by atoms with Gasteiger partial charge >= 0.3 is 0 Å². The van der Waals surface area contributed by atoms with Crippen molar-refractivity contribution < 1.29 is 19.1 Å². The highest BCUT2D eigenvalue weighted by Gasteiger charge is 2.17. The maximum absolute atomic E-state index is 12.6. The van der Waals surface area contributed by atoms with E-state index in [1.54, 1.807) is 19.5 Å². The largest absolute Gasteiger partial charge is 0.493 e. The van der Waals surface area contributed by atoms with Gasteiger partial charge in [-0.05, 0) is 78.8 Å². The van der Waals surface area contributed by atoms with Crippen LogP contribution < -0.4 is 14.8 Å². The van der Waals surface area contributed by atoms with Crippen LogP contribution in [-0.4, -0.2) is 23.8 Å². The summed E-state index contributed by atoms with van der Waals surface area (Å²) in [6, 6.07) is 15.1. The smallest absolute Gasteiger partial charge is 0.220 e. The Balaban J connectivity index is 1.30. The molecule has 1 unspecified atom stereocenters. The highest BCUT2D eigenvalue weighted by molar-refractivity contribution is 5.98. The number of benzene rings is 2. The van der Waals surface area contributed by atoms with Crippen LogP contribution in [0.15, 0.2) is 60.9 Å². The molecule has 1 amide bonds. The molecule has 0 saturated carbocycles. The molecular weight excluding hydrogens is 428 g/mol. The van der Waals surface area contributed by atoms with E-state index in [9.17, 15) is 9.59 Å². The van der Waals surface area contributed by atoms with E-state index in [0.717, 1.165) is 30.4 Å². The molecular formula is C28H30N2O4. The number of carbonyl (C=O) groups is 2. The van der Waals surface area contributed by atoms with Crippen molar-refractivity contribution in [2.45, 2.75) is 51.7 Å². The predicted octanol–water partition coefficient (Wildman–Crippen LogP) is 5.00. The average Bonchev–Trinajstić information content (AvgIpc) is 3.34. The highest BCUT2D eigenvalue weighted by Crippen LogP contribution is 2.31. The molecule has 176 valence electrons. The molecule has 1 aliphatic rings. The number of ketones is 1. The maximum atomic E-state index is 12.6. The Kier molecular flexibility index (Phi) is 7.58. The Bertz CT molecular complexity index is 1160. The zero-order valence-corrected chi connectivity index (χ0v) is 19.7. The Morgan fingerprint density at radius 3 is 2.56 bits per heavy atom. The molecule has 1 N–H and O–H groups in total. The fourth-order valence-corrected chi connectivity index (χ4v) is 4.23. The van der Waals surface area contributed by atoms with Gasteiger partial charge in [0.25, 0.3) is 0 Å². The molecule has 0 radical (unpaired) electrons. The topological polar surface area (TPSA) is 77.5 Å². The number of nitrogens with zero attached hydrogens (tertiary/aromatic N) is 1. The fourth-order valence-electron chi connectivity index (χ4n) is 4.23. The van der Waals surface area contributed by atoms with E-state index in [1.807, 2.05) is 49.4 Å². The first-order chi connectivity index (χ1) is 16.5. The molecule has 6 nitrogen and oxygen atoms in total. The van der Waals surface area contributed by atoms with Gasteiger partial charge in [-0.1, -0.05) is 18.2 Å². The van der Waals surface area contributed by atoms with Crippen LogP contribution in [0.4, 0.5) is 0 Å². The van der Waals surface area contributed by atoms with Crippen molar-refractivity contribution in [3.63, 3.8) is 0 Å². The van der Waals surface area contributed by atoms with E-state index < -0.39 is 0 Å². The van der Waals surface area contributed by atoms with Gasteiger partial charge in [-0.25, -0.2) is 0 Å². The number of aromatic nitrogens is 1. The number of hydrogen-bond acceptors (Lipinski definition) is 5. The Morgan fingerprint density at radius 2 is 1.76 bits per heavy atom. The lowest BCUT2D eigenvalue weighted by Crippen LogP contribution is -2.27. The van der Waals surface area contributed by atoms with Crippen LogP contribution in [0.1, 0.15) is 64.8 Å². The number of ether oxygens (including phenoxy) is 2. The van der Waals surface area contributed by atoms with E-state index in [0.29, 0.717) is 23.7 Å². The van der Waals surface area contributed by atoms with Gasteiger partial charge in [0.2, 0.25) is 5.91 Å². The Labute approximate surface area is 200 Å². The van der Waals surface area contributed by atoms with Gasteiger partial charge in [-0.2, -0.15) is 0 Å². The van der Waals surface area contributed by atoms with Crippen LogP contribution in [0.25, 0.3) is 0 Å². The normalized spacial score (nSPS) is 13.1. The lowest BCUT2D eigenvalue weighted by atomic mass is 10.0. The summed E-state index contributed by atoms with van der Waals surface area (Å²) in [5, 5.41) is 2.98. The third-order valence-corrected chi connectivity index (χ3v) is 6.21. The van der Waals surface area contributed by atoms with Gasteiger partial charge in [0.15, 0.2) is 17.3 Å². The van der Waals surface area contributed by atoms with Crippen LogP contribution in [-0.2, 0) is 24.2 Å². The molecule has 34 heavy (non-hydrogen) atoms. The van der Waals surface area contributed by atoms with Crippen molar-refractivity contribution in [3.05, 3.63) is 88.7 Å². The minimum atomic E-state index is -0.231. The maximum Gasteiger partial charge on any atom is 0.220 e. The average molecular weight is 459 g/mol. The van der Waals surface area contributed by atoms with Crippen molar-refractivity contribution in [3.8, 4) is 11.5 Å². The molecule has 3 aromatic rings. The summed E-state index contributed by atoms with van der Waals surface area (Å²) in [4.78, 5) is 29.1. The molecule has 1 atom stereocenters. The summed E-state index contributed by atoms with van der Waals surface area (Å²) in [5.74, 6) is 1.08. The molecule has 1 aliphatic carbocycles. The van der Waals surface area contributed by atoms with Crippen molar-refractivity contribution in [1.29, 1.82) is 0 Å². The van der Waals surface area contributed by atoms with Crippen LogP contribution in [0.3, 0.4) is 0 Å². The van der Waals surface area contributed by atoms with Gasteiger partial charge in [0, 0.05) is 30.8 Å². The summed E-state index contributed by atoms with van der Waals surface area (Å²) in [7, 11) is 1.59. The number of nitrogens with one attached hydrogen (secondary N) is 1. The lowest BCUT2D eigenvalue weighted by Gasteiger charge is -2.17. The Morgan fingerprint density at radius 1 is 0.971 bits per heavy atom. The van der Waals surface area contributed by atoms with E-state index in [-0.39, 0.29) is 30.6 Å². The number of rotatable bonds is 10. The summed E-state index contributed by atoms with van der Waals surface area (Å²) >= 11 is 0. The molecule has 4 rings (SSSR count). The predicted molar refractivity (Wildman–Crippen MR) is 130 cm³/mol. The van der Waals surface area contributed by atoms with Gasteiger partial charge in [0.1, 0.15) is 6.61 Å². The number of methoxy groups -OCH3 is 1. The third kappa shape index (κ3) is 5.81. The van der Waals surface area contributed by atoms with Crippen molar-refractivity contribution >= 4 is 11.7 Å². The minimum Gasteiger partial charge on any atom is -0.493 e. The third-order valence-electron chi connectivity index (χ3n) is 6.21. The monoisotopic (exact) mass is 458 g/mol. The zero-order chi connectivity index (χ0) is 23.9.